The zero-order valence-corrected chi connectivity index (χ0v) is 14.1. The predicted octanol–water partition coefficient (Wildman–Crippen LogP) is 1.62. The van der Waals surface area contributed by atoms with Crippen LogP contribution in [0.3, 0.4) is 0 Å². The van der Waals surface area contributed by atoms with Gasteiger partial charge in [-0.3, -0.25) is 14.6 Å². The molecule has 6 nitrogen and oxygen atoms in total. The number of amides is 2. The minimum atomic E-state index is -0.00199. The molecule has 1 aliphatic heterocycles. The van der Waals surface area contributed by atoms with E-state index in [2.05, 4.69) is 23.7 Å². The molecule has 0 aromatic carbocycles. The molecule has 0 atom stereocenters. The number of carbonyl (C=O) groups excluding carboxylic acids is 2. The fraction of sp³-hybridized carbons (Fsp3) is 0.588. The first-order valence-corrected chi connectivity index (χ1v) is 8.38. The Bertz CT molecular complexity index is 521. The first-order chi connectivity index (χ1) is 11.2. The van der Waals surface area contributed by atoms with Crippen LogP contribution in [0.4, 0.5) is 5.69 Å². The molecular weight excluding hydrogens is 292 g/mol. The molecule has 0 N–H and O–H groups in total. The summed E-state index contributed by atoms with van der Waals surface area (Å²) in [6, 6.07) is 1.94. The number of aromatic nitrogens is 1. The molecule has 0 aliphatic carbocycles. The second-order valence-corrected chi connectivity index (χ2v) is 5.85. The molecule has 2 amide bonds. The van der Waals surface area contributed by atoms with Gasteiger partial charge in [0.1, 0.15) is 0 Å². The van der Waals surface area contributed by atoms with Crippen LogP contribution in [0.25, 0.3) is 0 Å². The van der Waals surface area contributed by atoms with Crippen LogP contribution in [0, 0.1) is 0 Å². The van der Waals surface area contributed by atoms with Gasteiger partial charge in [0.25, 0.3) is 5.91 Å². The molecule has 6 heteroatoms. The molecule has 1 aromatic rings. The van der Waals surface area contributed by atoms with Crippen molar-refractivity contribution in [2.24, 2.45) is 0 Å². The predicted molar refractivity (Wildman–Crippen MR) is 90.6 cm³/mol. The van der Waals surface area contributed by atoms with E-state index in [1.54, 1.807) is 16.0 Å². The van der Waals surface area contributed by atoms with E-state index in [0.717, 1.165) is 38.0 Å². The highest BCUT2D eigenvalue weighted by atomic mass is 16.2. The van der Waals surface area contributed by atoms with E-state index in [0.29, 0.717) is 31.7 Å². The van der Waals surface area contributed by atoms with Crippen LogP contribution in [0.2, 0.25) is 0 Å². The van der Waals surface area contributed by atoms with Crippen molar-refractivity contribution in [2.45, 2.75) is 26.7 Å². The molecule has 126 valence electrons. The van der Waals surface area contributed by atoms with Crippen LogP contribution in [-0.2, 0) is 4.79 Å². The summed E-state index contributed by atoms with van der Waals surface area (Å²) in [6.07, 6.45) is 6.43. The Labute approximate surface area is 138 Å². The van der Waals surface area contributed by atoms with Crippen LogP contribution in [0.1, 0.15) is 37.0 Å². The van der Waals surface area contributed by atoms with Crippen molar-refractivity contribution >= 4 is 18.0 Å². The van der Waals surface area contributed by atoms with Gasteiger partial charge in [-0.15, -0.1) is 0 Å². The summed E-state index contributed by atoms with van der Waals surface area (Å²) in [5, 5.41) is 0. The van der Waals surface area contributed by atoms with Crippen molar-refractivity contribution < 1.29 is 9.59 Å². The summed E-state index contributed by atoms with van der Waals surface area (Å²) >= 11 is 0. The third kappa shape index (κ3) is 4.43. The number of carbonyl (C=O) groups is 2. The highest BCUT2D eigenvalue weighted by molar-refractivity contribution is 5.95. The molecule has 0 saturated carbocycles. The van der Waals surface area contributed by atoms with E-state index >= 15 is 0 Å². The number of rotatable bonds is 7. The summed E-state index contributed by atoms with van der Waals surface area (Å²) in [4.78, 5) is 33.4. The fourth-order valence-electron chi connectivity index (χ4n) is 2.84. The smallest absolute Gasteiger partial charge is 0.255 e. The van der Waals surface area contributed by atoms with E-state index in [-0.39, 0.29) is 5.91 Å². The zero-order chi connectivity index (χ0) is 16.7. The molecule has 0 spiro atoms. The first-order valence-electron chi connectivity index (χ1n) is 8.38. The van der Waals surface area contributed by atoms with Crippen molar-refractivity contribution in [1.29, 1.82) is 0 Å². The maximum Gasteiger partial charge on any atom is 0.255 e. The van der Waals surface area contributed by atoms with Gasteiger partial charge in [0.2, 0.25) is 6.41 Å². The van der Waals surface area contributed by atoms with Crippen molar-refractivity contribution in [2.75, 3.05) is 44.2 Å². The van der Waals surface area contributed by atoms with Gasteiger partial charge < -0.3 is 14.7 Å². The van der Waals surface area contributed by atoms with Gasteiger partial charge in [-0.1, -0.05) is 13.8 Å². The number of hydrogen-bond donors (Lipinski definition) is 0. The van der Waals surface area contributed by atoms with Crippen molar-refractivity contribution in [3.63, 3.8) is 0 Å². The second-order valence-electron chi connectivity index (χ2n) is 5.85. The molecule has 1 saturated heterocycles. The van der Waals surface area contributed by atoms with Gasteiger partial charge >= 0.3 is 0 Å². The van der Waals surface area contributed by atoms with Crippen molar-refractivity contribution in [3.8, 4) is 0 Å². The van der Waals surface area contributed by atoms with Crippen LogP contribution in [0.15, 0.2) is 18.5 Å². The third-order valence-corrected chi connectivity index (χ3v) is 4.07. The van der Waals surface area contributed by atoms with Gasteiger partial charge in [0.15, 0.2) is 0 Å². The highest BCUT2D eigenvalue weighted by Crippen LogP contribution is 2.17. The average Bonchev–Trinajstić information content (AvgIpc) is 2.61. The summed E-state index contributed by atoms with van der Waals surface area (Å²) in [7, 11) is 0. The van der Waals surface area contributed by atoms with Gasteiger partial charge in [0.05, 0.1) is 17.4 Å². The minimum Gasteiger partial charge on any atom is -0.370 e. The Morgan fingerprint density at radius 3 is 2.39 bits per heavy atom. The first kappa shape index (κ1) is 17.2. The standard InChI is InChI=1S/C17H26N4O2/c1-3-5-20(6-4-2)16-11-15(12-18-13-16)17(23)21-9-7-19(14-22)8-10-21/h11-14H,3-10H2,1-2H3. The monoisotopic (exact) mass is 318 g/mol. The van der Waals surface area contributed by atoms with Crippen LogP contribution < -0.4 is 4.90 Å². The summed E-state index contributed by atoms with van der Waals surface area (Å²) in [5.41, 5.74) is 1.63. The molecule has 1 aliphatic rings. The Hall–Kier alpha value is -2.11. The van der Waals surface area contributed by atoms with E-state index in [1.807, 2.05) is 12.3 Å². The minimum absolute atomic E-state index is 0.00199. The van der Waals surface area contributed by atoms with Gasteiger partial charge in [0, 0.05) is 45.5 Å². The average molecular weight is 318 g/mol. The SMILES string of the molecule is CCCN(CCC)c1cncc(C(=O)N2CCN(C=O)CC2)c1. The largest absolute Gasteiger partial charge is 0.370 e. The molecule has 0 bridgehead atoms. The van der Waals surface area contributed by atoms with Crippen LogP contribution in [-0.4, -0.2) is 66.4 Å². The molecule has 23 heavy (non-hydrogen) atoms. The lowest BCUT2D eigenvalue weighted by Crippen LogP contribution is -2.48. The lowest BCUT2D eigenvalue weighted by molar-refractivity contribution is -0.119. The number of anilines is 1. The molecule has 2 heterocycles. The molecule has 0 unspecified atom stereocenters. The van der Waals surface area contributed by atoms with E-state index in [4.69, 9.17) is 0 Å². The van der Waals surface area contributed by atoms with Gasteiger partial charge in [-0.2, -0.15) is 0 Å². The second kappa shape index (κ2) is 8.50. The summed E-state index contributed by atoms with van der Waals surface area (Å²) in [6.45, 7) is 8.58. The molecule has 1 fully saturated rings. The zero-order valence-electron chi connectivity index (χ0n) is 14.1. The maximum atomic E-state index is 12.6. The summed E-state index contributed by atoms with van der Waals surface area (Å²) in [5.74, 6) is -0.00199. The van der Waals surface area contributed by atoms with E-state index in [9.17, 15) is 9.59 Å². The Kier molecular flexibility index (Phi) is 6.38. The number of pyridine rings is 1. The lowest BCUT2D eigenvalue weighted by Gasteiger charge is -2.32. The topological polar surface area (TPSA) is 56.8 Å². The van der Waals surface area contributed by atoms with Crippen LogP contribution >= 0.6 is 0 Å². The molecule has 0 radical (unpaired) electrons. The number of nitrogens with zero attached hydrogens (tertiary/aromatic N) is 4. The maximum absolute atomic E-state index is 12.6. The summed E-state index contributed by atoms with van der Waals surface area (Å²) < 4.78 is 0. The van der Waals surface area contributed by atoms with Crippen molar-refractivity contribution in [1.82, 2.24) is 14.8 Å². The van der Waals surface area contributed by atoms with Gasteiger partial charge in [-0.25, -0.2) is 0 Å². The number of piperazine rings is 1. The highest BCUT2D eigenvalue weighted by Gasteiger charge is 2.22. The Morgan fingerprint density at radius 2 is 1.83 bits per heavy atom. The normalized spacial score (nSPS) is 14.7. The van der Waals surface area contributed by atoms with Crippen LogP contribution in [0.5, 0.6) is 0 Å². The number of hydrogen-bond acceptors (Lipinski definition) is 4. The molecular formula is C17H26N4O2. The molecule has 2 rings (SSSR count). The van der Waals surface area contributed by atoms with E-state index in [1.165, 1.54) is 0 Å². The van der Waals surface area contributed by atoms with Gasteiger partial charge in [-0.05, 0) is 18.9 Å². The molecule has 1 aromatic heterocycles. The third-order valence-electron chi connectivity index (χ3n) is 4.07. The van der Waals surface area contributed by atoms with E-state index < -0.39 is 0 Å². The Balaban J connectivity index is 2.09. The fourth-order valence-corrected chi connectivity index (χ4v) is 2.84. The quantitative estimate of drug-likeness (QED) is 0.717. The van der Waals surface area contributed by atoms with Crippen molar-refractivity contribution in [3.05, 3.63) is 24.0 Å². The lowest BCUT2D eigenvalue weighted by atomic mass is 10.2. The Morgan fingerprint density at radius 1 is 1.17 bits per heavy atom.